The molecule has 0 bridgehead atoms. The Hall–Kier alpha value is -4.53. The summed E-state index contributed by atoms with van der Waals surface area (Å²) in [6.07, 6.45) is 2.92. The number of hydrogen-bond acceptors (Lipinski definition) is 7. The van der Waals surface area contributed by atoms with Gasteiger partial charge in [-0.3, -0.25) is 4.79 Å². The molecule has 0 aliphatic rings. The molecule has 0 saturated carbocycles. The lowest BCUT2D eigenvalue weighted by Crippen LogP contribution is -2.23. The van der Waals surface area contributed by atoms with Crippen LogP contribution in [0.5, 0.6) is 0 Å². The summed E-state index contributed by atoms with van der Waals surface area (Å²) in [5.41, 5.74) is 1.29. The fourth-order valence-electron chi connectivity index (χ4n) is 2.75. The van der Waals surface area contributed by atoms with E-state index in [0.717, 1.165) is 0 Å². The molecular weight excluding hydrogens is 398 g/mol. The van der Waals surface area contributed by atoms with E-state index in [1.807, 2.05) is 36.4 Å². The maximum Gasteiger partial charge on any atom is 0.357 e. The zero-order valence-electron chi connectivity index (χ0n) is 16.2. The molecule has 0 radical (unpaired) electrons. The summed E-state index contributed by atoms with van der Waals surface area (Å²) < 4.78 is 11.8. The van der Waals surface area contributed by atoms with Gasteiger partial charge in [0.15, 0.2) is 18.1 Å². The lowest BCUT2D eigenvalue weighted by molar-refractivity contribution is -0.141. The molecule has 0 aliphatic carbocycles. The van der Waals surface area contributed by atoms with Gasteiger partial charge in [0.25, 0.3) is 5.91 Å². The van der Waals surface area contributed by atoms with Crippen LogP contribution < -0.4 is 5.32 Å². The summed E-state index contributed by atoms with van der Waals surface area (Å²) in [7, 11) is 0. The third-order valence-electron chi connectivity index (χ3n) is 4.15. The number of anilines is 1. The minimum Gasteiger partial charge on any atom is -0.465 e. The van der Waals surface area contributed by atoms with Gasteiger partial charge in [-0.25, -0.2) is 4.79 Å². The Morgan fingerprint density at radius 3 is 2.45 bits per heavy atom. The topological polar surface area (TPSA) is 112 Å². The molecule has 2 aromatic carbocycles. The van der Waals surface area contributed by atoms with Crippen LogP contribution in [-0.2, 0) is 14.3 Å². The van der Waals surface area contributed by atoms with Gasteiger partial charge in [-0.15, -0.1) is 5.10 Å². The summed E-state index contributed by atoms with van der Waals surface area (Å²) in [6, 6.07) is 21.4. The van der Waals surface area contributed by atoms with Crippen molar-refractivity contribution in [3.63, 3.8) is 0 Å². The highest BCUT2D eigenvalue weighted by Gasteiger charge is 2.22. The minimum atomic E-state index is -0.788. The summed E-state index contributed by atoms with van der Waals surface area (Å²) in [5.74, 6) is -0.528. The summed E-state index contributed by atoms with van der Waals surface area (Å²) in [4.78, 5) is 25.0. The van der Waals surface area contributed by atoms with Crippen molar-refractivity contribution in [1.29, 1.82) is 0 Å². The van der Waals surface area contributed by atoms with Crippen LogP contribution in [0.1, 0.15) is 5.76 Å². The molecule has 0 atom stereocenters. The summed E-state index contributed by atoms with van der Waals surface area (Å²) in [5, 5.41) is 14.3. The number of carbonyl (C=O) groups is 2. The zero-order chi connectivity index (χ0) is 21.5. The van der Waals surface area contributed by atoms with Crippen LogP contribution >= 0.6 is 0 Å². The van der Waals surface area contributed by atoms with Gasteiger partial charge in [-0.05, 0) is 34.7 Å². The van der Waals surface area contributed by atoms with E-state index in [0.29, 0.717) is 22.8 Å². The molecule has 0 unspecified atom stereocenters. The van der Waals surface area contributed by atoms with Crippen LogP contribution in [0, 0.1) is 0 Å². The number of benzene rings is 2. The number of hydrogen-bond donors (Lipinski definition) is 1. The predicted molar refractivity (Wildman–Crippen MR) is 112 cm³/mol. The number of para-hydroxylation sites is 1. The Balaban J connectivity index is 1.56. The molecule has 0 saturated heterocycles. The third-order valence-corrected chi connectivity index (χ3v) is 4.15. The lowest BCUT2D eigenvalue weighted by atomic mass is 10.2. The monoisotopic (exact) mass is 415 g/mol. The smallest absolute Gasteiger partial charge is 0.357 e. The van der Waals surface area contributed by atoms with Gasteiger partial charge in [0.2, 0.25) is 0 Å². The molecule has 0 spiro atoms. The van der Waals surface area contributed by atoms with Crippen LogP contribution in [-0.4, -0.2) is 38.7 Å². The van der Waals surface area contributed by atoms with E-state index in [9.17, 15) is 9.59 Å². The fourth-order valence-corrected chi connectivity index (χ4v) is 2.75. The molecule has 9 nitrogen and oxygen atoms in total. The van der Waals surface area contributed by atoms with Gasteiger partial charge in [0.1, 0.15) is 5.76 Å². The van der Waals surface area contributed by atoms with E-state index >= 15 is 0 Å². The molecule has 0 fully saturated rings. The quantitative estimate of drug-likeness (QED) is 0.364. The van der Waals surface area contributed by atoms with Gasteiger partial charge >= 0.3 is 5.97 Å². The summed E-state index contributed by atoms with van der Waals surface area (Å²) in [6.45, 7) is -0.480. The van der Waals surface area contributed by atoms with Crippen molar-refractivity contribution in [2.24, 2.45) is 0 Å². The van der Waals surface area contributed by atoms with Gasteiger partial charge < -0.3 is 14.5 Å². The molecule has 1 N–H and O–H groups in total. The number of aromatic nitrogens is 4. The average Bonchev–Trinajstić information content (AvgIpc) is 3.49. The van der Waals surface area contributed by atoms with Crippen LogP contribution in [0.3, 0.4) is 0 Å². The minimum absolute atomic E-state index is 0.00804. The van der Waals surface area contributed by atoms with Crippen molar-refractivity contribution < 1.29 is 18.7 Å². The Kier molecular flexibility index (Phi) is 5.94. The van der Waals surface area contributed by atoms with Crippen LogP contribution in [0.25, 0.3) is 23.2 Å². The molecule has 1 amide bonds. The molecule has 154 valence electrons. The number of esters is 1. The van der Waals surface area contributed by atoms with E-state index in [1.54, 1.807) is 36.4 Å². The second-order valence-corrected chi connectivity index (χ2v) is 6.32. The van der Waals surface area contributed by atoms with Gasteiger partial charge in [-0.2, -0.15) is 4.68 Å². The maximum absolute atomic E-state index is 12.9. The number of rotatable bonds is 7. The Morgan fingerprint density at radius 1 is 1.00 bits per heavy atom. The molecule has 9 heteroatoms. The molecule has 2 heterocycles. The van der Waals surface area contributed by atoms with E-state index < -0.39 is 18.5 Å². The van der Waals surface area contributed by atoms with Gasteiger partial charge in [0, 0.05) is 17.3 Å². The molecule has 4 rings (SSSR count). The normalized spacial score (nSPS) is 11.2. The first-order chi connectivity index (χ1) is 15.2. The standard InChI is InChI=1S/C22H17N5O4/c28-20(23-17-10-5-2-6-11-17)15-31-22(29)19(14-18-12-7-13-30-18)27-21(24-25-26-27)16-8-3-1-4-9-16/h1-14H,15H2,(H,23,28)/b19-14-. The summed E-state index contributed by atoms with van der Waals surface area (Å²) >= 11 is 0. The number of ether oxygens (including phenoxy) is 1. The highest BCUT2D eigenvalue weighted by molar-refractivity contribution is 6.16. The Bertz CT molecular complexity index is 1190. The van der Waals surface area contributed by atoms with Crippen LogP contribution in [0.4, 0.5) is 5.69 Å². The van der Waals surface area contributed by atoms with Crippen LogP contribution in [0.2, 0.25) is 0 Å². The first-order valence-corrected chi connectivity index (χ1v) is 9.32. The van der Waals surface area contributed by atoms with Crippen molar-refractivity contribution in [3.05, 3.63) is 84.8 Å². The van der Waals surface area contributed by atoms with E-state index in [1.165, 1.54) is 17.0 Å². The second-order valence-electron chi connectivity index (χ2n) is 6.32. The Labute approximate surface area is 177 Å². The van der Waals surface area contributed by atoms with Crippen LogP contribution in [0.15, 0.2) is 83.5 Å². The van der Waals surface area contributed by atoms with E-state index in [-0.39, 0.29) is 5.70 Å². The largest absolute Gasteiger partial charge is 0.465 e. The Morgan fingerprint density at radius 2 is 1.74 bits per heavy atom. The number of tetrazole rings is 1. The molecular formula is C22H17N5O4. The van der Waals surface area contributed by atoms with Gasteiger partial charge in [-0.1, -0.05) is 48.5 Å². The van der Waals surface area contributed by atoms with Crippen molar-refractivity contribution in [2.75, 3.05) is 11.9 Å². The second kappa shape index (κ2) is 9.31. The average molecular weight is 415 g/mol. The molecule has 31 heavy (non-hydrogen) atoms. The van der Waals surface area contributed by atoms with Crippen molar-refractivity contribution in [1.82, 2.24) is 20.2 Å². The van der Waals surface area contributed by atoms with Crippen molar-refractivity contribution in [3.8, 4) is 11.4 Å². The number of furan rings is 1. The molecule has 4 aromatic rings. The maximum atomic E-state index is 12.9. The fraction of sp³-hybridized carbons (Fsp3) is 0.0455. The first-order valence-electron chi connectivity index (χ1n) is 9.32. The first kappa shape index (κ1) is 19.8. The highest BCUT2D eigenvalue weighted by Crippen LogP contribution is 2.21. The van der Waals surface area contributed by atoms with Gasteiger partial charge in [0.05, 0.1) is 6.26 Å². The number of amides is 1. The van der Waals surface area contributed by atoms with E-state index in [2.05, 4.69) is 20.8 Å². The number of nitrogens with one attached hydrogen (secondary N) is 1. The van der Waals surface area contributed by atoms with E-state index in [4.69, 9.17) is 9.15 Å². The number of carbonyl (C=O) groups excluding carboxylic acids is 2. The SMILES string of the molecule is O=C(COC(=O)/C(=C/c1ccco1)n1nnnc1-c1ccccc1)Nc1ccccc1. The van der Waals surface area contributed by atoms with Crippen molar-refractivity contribution >= 4 is 29.3 Å². The highest BCUT2D eigenvalue weighted by atomic mass is 16.5. The lowest BCUT2D eigenvalue weighted by Gasteiger charge is -2.10. The predicted octanol–water partition coefficient (Wildman–Crippen LogP) is 3.11. The number of nitrogens with zero attached hydrogens (tertiary/aromatic N) is 4. The van der Waals surface area contributed by atoms with Crippen molar-refractivity contribution in [2.45, 2.75) is 0 Å². The zero-order valence-corrected chi connectivity index (χ0v) is 16.2. The third kappa shape index (κ3) is 4.91. The molecule has 0 aliphatic heterocycles. The molecule has 2 aromatic heterocycles.